The molecule has 0 atom stereocenters. The van der Waals surface area contributed by atoms with Gasteiger partial charge in [0.1, 0.15) is 10.8 Å². The molecule has 2 N–H and O–H groups in total. The van der Waals surface area contributed by atoms with Crippen molar-refractivity contribution in [1.82, 2.24) is 9.38 Å². The van der Waals surface area contributed by atoms with Crippen LogP contribution < -0.4 is 5.73 Å². The third-order valence-corrected chi connectivity index (χ3v) is 2.57. The Bertz CT molecular complexity index is 462. The van der Waals surface area contributed by atoms with E-state index < -0.39 is 0 Å². The highest BCUT2D eigenvalue weighted by molar-refractivity contribution is 6.29. The lowest BCUT2D eigenvalue weighted by atomic mass is 10.2. The van der Waals surface area contributed by atoms with Crippen LogP contribution in [0.25, 0.3) is 5.65 Å². The Morgan fingerprint density at radius 1 is 1.50 bits per heavy atom. The molecule has 2 aromatic heterocycles. The summed E-state index contributed by atoms with van der Waals surface area (Å²) in [4.78, 5) is 4.42. The van der Waals surface area contributed by atoms with Gasteiger partial charge in [0.25, 0.3) is 0 Å². The van der Waals surface area contributed by atoms with Crippen LogP contribution >= 0.6 is 11.6 Å². The summed E-state index contributed by atoms with van der Waals surface area (Å²) in [6.07, 6.45) is 0.802. The molecule has 2 heterocycles. The molecular formula is C10H12ClN3. The van der Waals surface area contributed by atoms with Gasteiger partial charge >= 0.3 is 0 Å². The van der Waals surface area contributed by atoms with Crippen molar-refractivity contribution in [3.05, 3.63) is 34.7 Å². The number of fused-ring (bicyclic) bond motifs is 1. The molecule has 0 aliphatic carbocycles. The Hall–Kier alpha value is -1.06. The van der Waals surface area contributed by atoms with Gasteiger partial charge in [-0.15, -0.1) is 0 Å². The number of hydrogen-bond donors (Lipinski definition) is 1. The van der Waals surface area contributed by atoms with Gasteiger partial charge in [-0.3, -0.25) is 4.40 Å². The second-order valence-corrected chi connectivity index (χ2v) is 3.61. The minimum Gasteiger partial charge on any atom is -0.330 e. The van der Waals surface area contributed by atoms with Gasteiger partial charge in [0.15, 0.2) is 0 Å². The Kier molecular flexibility index (Phi) is 2.44. The lowest BCUT2D eigenvalue weighted by Crippen LogP contribution is -2.06. The number of hydrogen-bond acceptors (Lipinski definition) is 2. The van der Waals surface area contributed by atoms with E-state index in [9.17, 15) is 0 Å². The largest absolute Gasteiger partial charge is 0.330 e. The maximum absolute atomic E-state index is 6.09. The van der Waals surface area contributed by atoms with E-state index in [1.165, 1.54) is 0 Å². The van der Waals surface area contributed by atoms with E-state index in [-0.39, 0.29) is 0 Å². The molecule has 3 nitrogen and oxygen atoms in total. The summed E-state index contributed by atoms with van der Waals surface area (Å²) >= 11 is 6.09. The molecule has 0 saturated carbocycles. The number of rotatable bonds is 2. The summed E-state index contributed by atoms with van der Waals surface area (Å²) in [5, 5.41) is 0.687. The van der Waals surface area contributed by atoms with Crippen molar-refractivity contribution in [2.24, 2.45) is 5.73 Å². The van der Waals surface area contributed by atoms with Crippen LogP contribution in [0.3, 0.4) is 0 Å². The zero-order valence-electron chi connectivity index (χ0n) is 8.00. The molecule has 0 fully saturated rings. The van der Waals surface area contributed by atoms with Crippen molar-refractivity contribution >= 4 is 17.2 Å². The Labute approximate surface area is 87.5 Å². The third kappa shape index (κ3) is 1.38. The fraction of sp³-hybridized carbons (Fsp3) is 0.300. The number of pyridine rings is 1. The zero-order valence-corrected chi connectivity index (χ0v) is 8.75. The highest BCUT2D eigenvalue weighted by atomic mass is 35.5. The first-order chi connectivity index (χ1) is 6.74. The summed E-state index contributed by atoms with van der Waals surface area (Å²) in [6.45, 7) is 2.59. The predicted molar refractivity (Wildman–Crippen MR) is 57.7 cm³/mol. The summed E-state index contributed by atoms with van der Waals surface area (Å²) in [6, 6.07) is 5.70. The van der Waals surface area contributed by atoms with Crippen LogP contribution in [0, 0.1) is 6.92 Å². The standard InChI is InChI=1S/C10H12ClN3/c1-7-8(5-6-12)14-9(11)3-2-4-10(14)13-7/h2-4H,5-6,12H2,1H3. The van der Waals surface area contributed by atoms with Crippen molar-refractivity contribution in [3.8, 4) is 0 Å². The maximum Gasteiger partial charge on any atom is 0.138 e. The molecule has 0 bridgehead atoms. The fourth-order valence-electron chi connectivity index (χ4n) is 1.65. The van der Waals surface area contributed by atoms with E-state index in [0.717, 1.165) is 23.5 Å². The lowest BCUT2D eigenvalue weighted by Gasteiger charge is -2.02. The third-order valence-electron chi connectivity index (χ3n) is 2.27. The molecule has 0 saturated heterocycles. The van der Waals surface area contributed by atoms with Gasteiger partial charge in [-0.2, -0.15) is 0 Å². The van der Waals surface area contributed by atoms with Gasteiger partial charge in [-0.25, -0.2) is 4.98 Å². The highest BCUT2D eigenvalue weighted by Gasteiger charge is 2.09. The van der Waals surface area contributed by atoms with E-state index >= 15 is 0 Å². The van der Waals surface area contributed by atoms with Gasteiger partial charge < -0.3 is 5.73 Å². The van der Waals surface area contributed by atoms with Crippen molar-refractivity contribution in [2.45, 2.75) is 13.3 Å². The Balaban J connectivity index is 2.73. The first kappa shape index (κ1) is 9.49. The predicted octanol–water partition coefficient (Wildman–Crippen LogP) is 1.80. The van der Waals surface area contributed by atoms with Gasteiger partial charge in [0, 0.05) is 12.1 Å². The van der Waals surface area contributed by atoms with Crippen molar-refractivity contribution in [2.75, 3.05) is 6.54 Å². The quantitative estimate of drug-likeness (QED) is 0.767. The molecule has 0 radical (unpaired) electrons. The van der Waals surface area contributed by atoms with Crippen LogP contribution in [-0.2, 0) is 6.42 Å². The molecule has 4 heteroatoms. The van der Waals surface area contributed by atoms with E-state index in [2.05, 4.69) is 4.98 Å². The van der Waals surface area contributed by atoms with Crippen molar-refractivity contribution in [3.63, 3.8) is 0 Å². The number of aromatic nitrogens is 2. The first-order valence-electron chi connectivity index (χ1n) is 4.56. The fourth-order valence-corrected chi connectivity index (χ4v) is 1.92. The average molecular weight is 210 g/mol. The van der Waals surface area contributed by atoms with E-state index in [1.807, 2.05) is 29.5 Å². The summed E-state index contributed by atoms with van der Waals surface area (Å²) in [5.41, 5.74) is 8.54. The SMILES string of the molecule is Cc1nc2cccc(Cl)n2c1CCN. The van der Waals surface area contributed by atoms with Crippen molar-refractivity contribution in [1.29, 1.82) is 0 Å². The van der Waals surface area contributed by atoms with E-state index in [4.69, 9.17) is 17.3 Å². The lowest BCUT2D eigenvalue weighted by molar-refractivity contribution is 0.894. The molecule has 2 rings (SSSR count). The first-order valence-corrected chi connectivity index (χ1v) is 4.94. The number of nitrogens with two attached hydrogens (primary N) is 1. The smallest absolute Gasteiger partial charge is 0.138 e. The van der Waals surface area contributed by atoms with Crippen LogP contribution in [0.15, 0.2) is 18.2 Å². The molecule has 74 valence electrons. The van der Waals surface area contributed by atoms with Gasteiger partial charge in [0.05, 0.1) is 5.69 Å². The second-order valence-electron chi connectivity index (χ2n) is 3.22. The summed E-state index contributed by atoms with van der Waals surface area (Å²) in [7, 11) is 0. The molecule has 0 aromatic carbocycles. The summed E-state index contributed by atoms with van der Waals surface area (Å²) in [5.74, 6) is 0. The molecular weight excluding hydrogens is 198 g/mol. The van der Waals surface area contributed by atoms with Gasteiger partial charge in [-0.1, -0.05) is 17.7 Å². The molecule has 2 aromatic rings. The van der Waals surface area contributed by atoms with Crippen LogP contribution in [-0.4, -0.2) is 15.9 Å². The average Bonchev–Trinajstić information content (AvgIpc) is 2.45. The molecule has 14 heavy (non-hydrogen) atoms. The van der Waals surface area contributed by atoms with Crippen LogP contribution in [0.4, 0.5) is 0 Å². The van der Waals surface area contributed by atoms with Crippen LogP contribution in [0.5, 0.6) is 0 Å². The number of nitrogens with zero attached hydrogens (tertiary/aromatic N) is 2. The number of imidazole rings is 1. The van der Waals surface area contributed by atoms with Gasteiger partial charge in [0.2, 0.25) is 0 Å². The highest BCUT2D eigenvalue weighted by Crippen LogP contribution is 2.18. The van der Waals surface area contributed by atoms with Gasteiger partial charge in [-0.05, 0) is 25.6 Å². The molecule has 0 amide bonds. The van der Waals surface area contributed by atoms with Crippen LogP contribution in [0.1, 0.15) is 11.4 Å². The molecule has 0 unspecified atom stereocenters. The molecule has 0 spiro atoms. The topological polar surface area (TPSA) is 43.3 Å². The monoisotopic (exact) mass is 209 g/mol. The number of aryl methyl sites for hydroxylation is 1. The van der Waals surface area contributed by atoms with E-state index in [0.29, 0.717) is 11.7 Å². The maximum atomic E-state index is 6.09. The van der Waals surface area contributed by atoms with Crippen LogP contribution in [0.2, 0.25) is 5.15 Å². The molecule has 0 aliphatic rings. The normalized spacial score (nSPS) is 11.1. The number of halogens is 1. The second kappa shape index (κ2) is 3.59. The minimum atomic E-state index is 0.611. The molecule has 0 aliphatic heterocycles. The Morgan fingerprint density at radius 3 is 3.00 bits per heavy atom. The minimum absolute atomic E-state index is 0.611. The Morgan fingerprint density at radius 2 is 2.29 bits per heavy atom. The van der Waals surface area contributed by atoms with Crippen molar-refractivity contribution < 1.29 is 0 Å². The van der Waals surface area contributed by atoms with E-state index in [1.54, 1.807) is 0 Å². The summed E-state index contributed by atoms with van der Waals surface area (Å²) < 4.78 is 1.95. The zero-order chi connectivity index (χ0) is 10.1.